The van der Waals surface area contributed by atoms with Crippen molar-refractivity contribution in [1.82, 2.24) is 15.1 Å². The highest BCUT2D eigenvalue weighted by molar-refractivity contribution is 5.83. The number of nitrogens with zero attached hydrogens (tertiary/aromatic N) is 2. The standard InChI is InChI=1S/C12H20O.C9H15N3.C2H6/c1-9(2)11(13)10-7-12(8-10)5-3-4-6-12;1-8-6-11-12(7-8)9-2-4-10-5-3-9;1-2/h9-10H,3-8H2,1-2H3;6-7,9-10H,2-5H2,1H3;1-2H3. The van der Waals surface area contributed by atoms with E-state index in [4.69, 9.17) is 0 Å². The SMILES string of the molecule is CC.CC(C)C(=O)C1CC2(CCCC2)C1.Cc1cnn(C2CCNCC2)c1. The third kappa shape index (κ3) is 5.91. The summed E-state index contributed by atoms with van der Waals surface area (Å²) in [6.07, 6.45) is 14.5. The molecule has 4 rings (SSSR count). The average molecular weight is 376 g/mol. The smallest absolute Gasteiger partial charge is 0.138 e. The molecule has 3 aliphatic rings. The van der Waals surface area contributed by atoms with Gasteiger partial charge >= 0.3 is 0 Å². The maximum absolute atomic E-state index is 11.7. The van der Waals surface area contributed by atoms with E-state index in [2.05, 4.69) is 28.2 Å². The second-order valence-corrected chi connectivity index (χ2v) is 8.85. The molecule has 2 aliphatic carbocycles. The number of carbonyl (C=O) groups is 1. The summed E-state index contributed by atoms with van der Waals surface area (Å²) in [5.41, 5.74) is 1.89. The van der Waals surface area contributed by atoms with Gasteiger partial charge in [-0.3, -0.25) is 9.48 Å². The van der Waals surface area contributed by atoms with Gasteiger partial charge in [-0.05, 0) is 69.5 Å². The maximum atomic E-state index is 11.7. The quantitative estimate of drug-likeness (QED) is 0.777. The van der Waals surface area contributed by atoms with Crippen molar-refractivity contribution in [2.75, 3.05) is 13.1 Å². The minimum atomic E-state index is 0.253. The second kappa shape index (κ2) is 10.4. The van der Waals surface area contributed by atoms with Gasteiger partial charge in [0.2, 0.25) is 0 Å². The molecule has 1 N–H and O–H groups in total. The third-order valence-corrected chi connectivity index (χ3v) is 6.41. The maximum Gasteiger partial charge on any atom is 0.138 e. The van der Waals surface area contributed by atoms with Crippen molar-refractivity contribution < 1.29 is 4.79 Å². The topological polar surface area (TPSA) is 46.9 Å². The fraction of sp³-hybridized carbons (Fsp3) is 0.826. The second-order valence-electron chi connectivity index (χ2n) is 8.85. The summed E-state index contributed by atoms with van der Waals surface area (Å²) in [5, 5.41) is 7.68. The van der Waals surface area contributed by atoms with Crippen LogP contribution in [0.2, 0.25) is 0 Å². The first kappa shape index (κ1) is 22.1. The lowest BCUT2D eigenvalue weighted by atomic mass is 9.59. The lowest BCUT2D eigenvalue weighted by molar-refractivity contribution is -0.133. The van der Waals surface area contributed by atoms with Crippen LogP contribution in [0.25, 0.3) is 0 Å². The number of hydrogen-bond acceptors (Lipinski definition) is 3. The Morgan fingerprint density at radius 1 is 1.19 bits per heavy atom. The monoisotopic (exact) mass is 375 g/mol. The number of carbonyl (C=O) groups excluding carboxylic acids is 1. The van der Waals surface area contributed by atoms with E-state index in [9.17, 15) is 4.79 Å². The molecule has 154 valence electrons. The van der Waals surface area contributed by atoms with Crippen LogP contribution in [0.3, 0.4) is 0 Å². The highest BCUT2D eigenvalue weighted by Crippen LogP contribution is 2.56. The van der Waals surface area contributed by atoms with Crippen LogP contribution in [0.1, 0.15) is 90.7 Å². The van der Waals surface area contributed by atoms with Crippen LogP contribution < -0.4 is 5.32 Å². The van der Waals surface area contributed by atoms with Crippen molar-refractivity contribution in [2.24, 2.45) is 17.3 Å². The molecular weight excluding hydrogens is 334 g/mol. The summed E-state index contributed by atoms with van der Waals surface area (Å²) in [5.74, 6) is 1.19. The summed E-state index contributed by atoms with van der Waals surface area (Å²) in [7, 11) is 0. The van der Waals surface area contributed by atoms with Crippen LogP contribution in [0.15, 0.2) is 12.4 Å². The van der Waals surface area contributed by atoms with E-state index in [1.165, 1.54) is 56.9 Å². The Morgan fingerprint density at radius 2 is 1.78 bits per heavy atom. The minimum absolute atomic E-state index is 0.253. The first-order chi connectivity index (χ1) is 13.0. The van der Waals surface area contributed by atoms with Crippen LogP contribution >= 0.6 is 0 Å². The lowest BCUT2D eigenvalue weighted by Crippen LogP contribution is -2.40. The molecule has 1 aliphatic heterocycles. The van der Waals surface area contributed by atoms with Gasteiger partial charge in [0, 0.05) is 18.0 Å². The summed E-state index contributed by atoms with van der Waals surface area (Å²) in [4.78, 5) is 11.7. The summed E-state index contributed by atoms with van der Waals surface area (Å²) in [6.45, 7) is 12.4. The number of ketones is 1. The van der Waals surface area contributed by atoms with Crippen molar-refractivity contribution >= 4 is 5.78 Å². The first-order valence-electron chi connectivity index (χ1n) is 11.2. The van der Waals surface area contributed by atoms with Gasteiger partial charge in [-0.15, -0.1) is 0 Å². The largest absolute Gasteiger partial charge is 0.317 e. The van der Waals surface area contributed by atoms with E-state index in [1.54, 1.807) is 0 Å². The van der Waals surface area contributed by atoms with Gasteiger partial charge in [0.15, 0.2) is 0 Å². The molecule has 4 heteroatoms. The molecule has 0 unspecified atom stereocenters. The molecule has 1 spiro atoms. The third-order valence-electron chi connectivity index (χ3n) is 6.41. The van der Waals surface area contributed by atoms with Gasteiger partial charge in [-0.1, -0.05) is 40.5 Å². The zero-order valence-electron chi connectivity index (χ0n) is 18.3. The molecule has 27 heavy (non-hydrogen) atoms. The van der Waals surface area contributed by atoms with Crippen molar-refractivity contribution in [3.8, 4) is 0 Å². The molecule has 0 bridgehead atoms. The summed E-state index contributed by atoms with van der Waals surface area (Å²) in [6, 6.07) is 0.625. The number of piperidine rings is 1. The van der Waals surface area contributed by atoms with Crippen LogP contribution in [-0.2, 0) is 4.79 Å². The molecule has 3 fully saturated rings. The number of Topliss-reactive ketones (excluding diaryl/α,β-unsaturated/α-hetero) is 1. The predicted molar refractivity (Wildman–Crippen MR) is 113 cm³/mol. The molecule has 1 saturated heterocycles. The number of nitrogens with one attached hydrogen (secondary N) is 1. The van der Waals surface area contributed by atoms with Crippen molar-refractivity contribution in [1.29, 1.82) is 0 Å². The summed E-state index contributed by atoms with van der Waals surface area (Å²) >= 11 is 0. The first-order valence-corrected chi connectivity index (χ1v) is 11.2. The number of rotatable bonds is 3. The van der Waals surface area contributed by atoms with Crippen LogP contribution in [0, 0.1) is 24.2 Å². The number of aromatic nitrogens is 2. The fourth-order valence-corrected chi connectivity index (χ4v) is 4.90. The van der Waals surface area contributed by atoms with E-state index in [1.807, 2.05) is 33.9 Å². The zero-order chi connectivity index (χ0) is 19.9. The van der Waals surface area contributed by atoms with Crippen LogP contribution in [-0.4, -0.2) is 28.7 Å². The Labute approximate surface area is 166 Å². The molecule has 2 heterocycles. The Balaban J connectivity index is 0.000000178. The van der Waals surface area contributed by atoms with Gasteiger partial charge in [0.1, 0.15) is 5.78 Å². The van der Waals surface area contributed by atoms with E-state index in [0.717, 1.165) is 13.1 Å². The van der Waals surface area contributed by atoms with Crippen molar-refractivity contribution in [3.63, 3.8) is 0 Å². The van der Waals surface area contributed by atoms with Gasteiger partial charge in [-0.2, -0.15) is 5.10 Å². The highest BCUT2D eigenvalue weighted by atomic mass is 16.1. The molecule has 2 saturated carbocycles. The lowest BCUT2D eigenvalue weighted by Gasteiger charge is -2.45. The average Bonchev–Trinajstić information content (AvgIpc) is 3.32. The molecule has 0 aromatic carbocycles. The van der Waals surface area contributed by atoms with E-state index < -0.39 is 0 Å². The normalized spacial score (nSPS) is 21.9. The molecule has 1 aromatic rings. The van der Waals surface area contributed by atoms with Crippen molar-refractivity contribution in [3.05, 3.63) is 18.0 Å². The fourth-order valence-electron chi connectivity index (χ4n) is 4.90. The predicted octanol–water partition coefficient (Wildman–Crippen LogP) is 5.32. The van der Waals surface area contributed by atoms with E-state index >= 15 is 0 Å². The van der Waals surface area contributed by atoms with Crippen molar-refractivity contribution in [2.45, 2.75) is 92.0 Å². The molecular formula is C23H41N3O. The summed E-state index contributed by atoms with van der Waals surface area (Å²) < 4.78 is 2.11. The Kier molecular flexibility index (Phi) is 8.53. The Bertz CT molecular complexity index is 558. The van der Waals surface area contributed by atoms with Gasteiger partial charge in [0.05, 0.1) is 12.2 Å². The Morgan fingerprint density at radius 3 is 2.26 bits per heavy atom. The molecule has 0 amide bonds. The molecule has 0 radical (unpaired) electrons. The van der Waals surface area contributed by atoms with E-state index in [0.29, 0.717) is 23.2 Å². The zero-order valence-corrected chi connectivity index (χ0v) is 18.3. The van der Waals surface area contributed by atoms with Crippen LogP contribution in [0.5, 0.6) is 0 Å². The van der Waals surface area contributed by atoms with Gasteiger partial charge in [0.25, 0.3) is 0 Å². The molecule has 4 nitrogen and oxygen atoms in total. The highest BCUT2D eigenvalue weighted by Gasteiger charge is 2.48. The Hall–Kier alpha value is -1.16. The van der Waals surface area contributed by atoms with Gasteiger partial charge < -0.3 is 5.32 Å². The number of aryl methyl sites for hydroxylation is 1. The van der Waals surface area contributed by atoms with Gasteiger partial charge in [-0.25, -0.2) is 0 Å². The van der Waals surface area contributed by atoms with E-state index in [-0.39, 0.29) is 5.92 Å². The number of hydrogen-bond donors (Lipinski definition) is 1. The minimum Gasteiger partial charge on any atom is -0.317 e. The molecule has 0 atom stereocenters. The molecule has 1 aromatic heterocycles. The van der Waals surface area contributed by atoms with Crippen LogP contribution in [0.4, 0.5) is 0 Å².